The first-order valence-electron chi connectivity index (χ1n) is 7.55. The van der Waals surface area contributed by atoms with E-state index in [1.807, 2.05) is 49.4 Å². The fourth-order valence-electron chi connectivity index (χ4n) is 2.93. The molecule has 1 aliphatic rings. The highest BCUT2D eigenvalue weighted by molar-refractivity contribution is 5.80. The van der Waals surface area contributed by atoms with Gasteiger partial charge in [0.05, 0.1) is 23.0 Å². The highest BCUT2D eigenvalue weighted by Crippen LogP contribution is 2.35. The van der Waals surface area contributed by atoms with E-state index in [9.17, 15) is 0 Å². The molecule has 0 atom stereocenters. The van der Waals surface area contributed by atoms with Crippen molar-refractivity contribution in [3.05, 3.63) is 53.7 Å². The quantitative estimate of drug-likeness (QED) is 0.789. The molecule has 0 radical (unpaired) electrons. The Hall–Kier alpha value is -3.13. The van der Waals surface area contributed by atoms with E-state index in [0.717, 1.165) is 47.4 Å². The first-order chi connectivity index (χ1) is 11.3. The third kappa shape index (κ3) is 2.25. The van der Waals surface area contributed by atoms with Gasteiger partial charge in [-0.05, 0) is 31.2 Å². The SMILES string of the molecule is Cc1cccc(-c2nc3n(c2-c2ccc(C#N)cc2)CCN3)n1. The third-order valence-corrected chi connectivity index (χ3v) is 4.00. The number of nitriles is 1. The summed E-state index contributed by atoms with van der Waals surface area (Å²) in [4.78, 5) is 9.37. The predicted molar refractivity (Wildman–Crippen MR) is 88.8 cm³/mol. The smallest absolute Gasteiger partial charge is 0.204 e. The Bertz CT molecular complexity index is 916. The van der Waals surface area contributed by atoms with E-state index in [2.05, 4.69) is 20.9 Å². The van der Waals surface area contributed by atoms with E-state index in [4.69, 9.17) is 10.2 Å². The maximum atomic E-state index is 8.99. The lowest BCUT2D eigenvalue weighted by Gasteiger charge is -2.08. The molecule has 0 amide bonds. The van der Waals surface area contributed by atoms with Gasteiger partial charge in [-0.25, -0.2) is 4.98 Å². The summed E-state index contributed by atoms with van der Waals surface area (Å²) >= 11 is 0. The van der Waals surface area contributed by atoms with Crippen molar-refractivity contribution in [1.29, 1.82) is 5.26 Å². The number of anilines is 1. The van der Waals surface area contributed by atoms with Crippen LogP contribution in [0.15, 0.2) is 42.5 Å². The van der Waals surface area contributed by atoms with Crippen LogP contribution in [0.25, 0.3) is 22.6 Å². The number of imidazole rings is 1. The monoisotopic (exact) mass is 301 g/mol. The van der Waals surface area contributed by atoms with Crippen molar-refractivity contribution in [2.24, 2.45) is 0 Å². The zero-order valence-electron chi connectivity index (χ0n) is 12.7. The molecule has 23 heavy (non-hydrogen) atoms. The molecule has 5 heteroatoms. The minimum atomic E-state index is 0.656. The van der Waals surface area contributed by atoms with Crippen LogP contribution < -0.4 is 5.32 Å². The molecule has 0 spiro atoms. The molecule has 0 bridgehead atoms. The highest BCUT2D eigenvalue weighted by atomic mass is 15.3. The van der Waals surface area contributed by atoms with Crippen LogP contribution in [0.5, 0.6) is 0 Å². The lowest BCUT2D eigenvalue weighted by atomic mass is 10.1. The van der Waals surface area contributed by atoms with Gasteiger partial charge in [-0.15, -0.1) is 0 Å². The number of pyridine rings is 1. The second-order valence-corrected chi connectivity index (χ2v) is 5.56. The summed E-state index contributed by atoms with van der Waals surface area (Å²) in [7, 11) is 0. The standard InChI is InChI=1S/C18H15N5/c1-12-3-2-4-15(21-12)16-17(23-10-9-20-18(23)22-16)14-7-5-13(11-19)6-8-14/h2-8H,9-10H2,1H3,(H,20,22). The van der Waals surface area contributed by atoms with Crippen molar-refractivity contribution in [3.8, 4) is 28.7 Å². The van der Waals surface area contributed by atoms with E-state index >= 15 is 0 Å². The Morgan fingerprint density at radius 2 is 1.96 bits per heavy atom. The Morgan fingerprint density at radius 1 is 1.13 bits per heavy atom. The molecule has 1 N–H and O–H groups in total. The largest absolute Gasteiger partial charge is 0.354 e. The van der Waals surface area contributed by atoms with Crippen molar-refractivity contribution in [1.82, 2.24) is 14.5 Å². The van der Waals surface area contributed by atoms with E-state index in [0.29, 0.717) is 5.56 Å². The Labute approximate surface area is 134 Å². The zero-order valence-corrected chi connectivity index (χ0v) is 12.7. The summed E-state index contributed by atoms with van der Waals surface area (Å²) in [5.74, 6) is 0.877. The van der Waals surface area contributed by atoms with Crippen LogP contribution in [-0.4, -0.2) is 21.1 Å². The number of fused-ring (bicyclic) bond motifs is 1. The second-order valence-electron chi connectivity index (χ2n) is 5.56. The third-order valence-electron chi connectivity index (χ3n) is 4.00. The average Bonchev–Trinajstić information content (AvgIpc) is 3.15. The van der Waals surface area contributed by atoms with Crippen LogP contribution in [0.1, 0.15) is 11.3 Å². The van der Waals surface area contributed by atoms with Crippen molar-refractivity contribution in [2.75, 3.05) is 11.9 Å². The number of rotatable bonds is 2. The number of aryl methyl sites for hydroxylation is 1. The summed E-state index contributed by atoms with van der Waals surface area (Å²) in [6.45, 7) is 3.74. The first-order valence-corrected chi connectivity index (χ1v) is 7.55. The minimum Gasteiger partial charge on any atom is -0.354 e. The molecule has 4 rings (SSSR count). The van der Waals surface area contributed by atoms with Crippen LogP contribution in [0.3, 0.4) is 0 Å². The molecule has 0 unspecified atom stereocenters. The molecule has 5 nitrogen and oxygen atoms in total. The van der Waals surface area contributed by atoms with E-state index in [1.165, 1.54) is 0 Å². The number of nitrogens with one attached hydrogen (secondary N) is 1. The van der Waals surface area contributed by atoms with Gasteiger partial charge >= 0.3 is 0 Å². The first kappa shape index (κ1) is 13.5. The maximum Gasteiger partial charge on any atom is 0.204 e. The second kappa shape index (κ2) is 5.25. The van der Waals surface area contributed by atoms with Gasteiger partial charge in [-0.1, -0.05) is 18.2 Å². The van der Waals surface area contributed by atoms with E-state index in [-0.39, 0.29) is 0 Å². The molecule has 1 aromatic carbocycles. The summed E-state index contributed by atoms with van der Waals surface area (Å²) in [5.41, 5.74) is 5.46. The lowest BCUT2D eigenvalue weighted by molar-refractivity contribution is 0.817. The highest BCUT2D eigenvalue weighted by Gasteiger charge is 2.23. The van der Waals surface area contributed by atoms with E-state index < -0.39 is 0 Å². The Kier molecular flexibility index (Phi) is 3.09. The normalized spacial score (nSPS) is 12.5. The maximum absolute atomic E-state index is 8.99. The minimum absolute atomic E-state index is 0.656. The van der Waals surface area contributed by atoms with Crippen LogP contribution in [0.2, 0.25) is 0 Å². The predicted octanol–water partition coefficient (Wildman–Crippen LogP) is 3.22. The molecule has 0 saturated carbocycles. The number of nitrogens with zero attached hydrogens (tertiary/aromatic N) is 4. The van der Waals surface area contributed by atoms with Crippen LogP contribution in [-0.2, 0) is 6.54 Å². The van der Waals surface area contributed by atoms with Crippen LogP contribution >= 0.6 is 0 Å². The van der Waals surface area contributed by atoms with Crippen molar-refractivity contribution in [2.45, 2.75) is 13.5 Å². The van der Waals surface area contributed by atoms with Crippen molar-refractivity contribution < 1.29 is 0 Å². The fourth-order valence-corrected chi connectivity index (χ4v) is 2.93. The van der Waals surface area contributed by atoms with E-state index in [1.54, 1.807) is 0 Å². The zero-order chi connectivity index (χ0) is 15.8. The number of aromatic nitrogens is 3. The summed E-state index contributed by atoms with van der Waals surface area (Å²) in [6, 6.07) is 15.7. The summed E-state index contributed by atoms with van der Waals surface area (Å²) < 4.78 is 2.18. The molecule has 0 fully saturated rings. The Morgan fingerprint density at radius 3 is 2.70 bits per heavy atom. The van der Waals surface area contributed by atoms with Crippen LogP contribution in [0.4, 0.5) is 5.95 Å². The molecule has 0 saturated heterocycles. The fraction of sp³-hybridized carbons (Fsp3) is 0.167. The molecular weight excluding hydrogens is 286 g/mol. The number of hydrogen-bond donors (Lipinski definition) is 1. The molecular formula is C18H15N5. The molecule has 1 aliphatic heterocycles. The number of hydrogen-bond acceptors (Lipinski definition) is 4. The number of benzene rings is 1. The Balaban J connectivity index is 1.92. The molecule has 2 aromatic heterocycles. The van der Waals surface area contributed by atoms with Crippen LogP contribution in [0, 0.1) is 18.3 Å². The molecule has 0 aliphatic carbocycles. The topological polar surface area (TPSA) is 66.5 Å². The van der Waals surface area contributed by atoms with Gasteiger partial charge in [-0.3, -0.25) is 4.98 Å². The van der Waals surface area contributed by atoms with Crippen molar-refractivity contribution >= 4 is 5.95 Å². The lowest BCUT2D eigenvalue weighted by Crippen LogP contribution is -1.99. The van der Waals surface area contributed by atoms with Gasteiger partial charge in [-0.2, -0.15) is 5.26 Å². The van der Waals surface area contributed by atoms with Gasteiger partial charge < -0.3 is 9.88 Å². The van der Waals surface area contributed by atoms with Gasteiger partial charge in [0, 0.05) is 24.3 Å². The van der Waals surface area contributed by atoms with Crippen molar-refractivity contribution in [3.63, 3.8) is 0 Å². The molecule has 3 heterocycles. The molecule has 112 valence electrons. The van der Waals surface area contributed by atoms with Gasteiger partial charge in [0.25, 0.3) is 0 Å². The van der Waals surface area contributed by atoms with Gasteiger partial charge in [0.15, 0.2) is 0 Å². The van der Waals surface area contributed by atoms with Gasteiger partial charge in [0.2, 0.25) is 5.95 Å². The summed E-state index contributed by atoms with van der Waals surface area (Å²) in [6.07, 6.45) is 0. The average molecular weight is 301 g/mol. The van der Waals surface area contributed by atoms with Gasteiger partial charge in [0.1, 0.15) is 5.69 Å². The molecule has 3 aromatic rings. The summed E-state index contributed by atoms with van der Waals surface area (Å²) in [5, 5.41) is 12.3.